The average molecular weight is 518 g/mol. The van der Waals surface area contributed by atoms with Crippen molar-refractivity contribution < 1.29 is 27.5 Å². The number of sulfonamides is 1. The minimum atomic E-state index is -3.82. The van der Waals surface area contributed by atoms with Gasteiger partial charge < -0.3 is 19.7 Å². The molecular weight excluding hydrogens is 482 g/mol. The third kappa shape index (κ3) is 6.48. The Balaban J connectivity index is 1.94. The Hall–Kier alpha value is -3.27. The molecule has 0 saturated heterocycles. The highest BCUT2D eigenvalue weighted by Crippen LogP contribution is 2.36. The molecule has 0 aliphatic carbocycles. The lowest BCUT2D eigenvalue weighted by Crippen LogP contribution is -2.52. The lowest BCUT2D eigenvalue weighted by Gasteiger charge is -2.32. The van der Waals surface area contributed by atoms with Gasteiger partial charge in [0.1, 0.15) is 12.6 Å². The Kier molecular flexibility index (Phi) is 8.84. The molecule has 9 nitrogen and oxygen atoms in total. The van der Waals surface area contributed by atoms with Crippen LogP contribution in [0.5, 0.6) is 11.5 Å². The SMILES string of the molecule is CC[C@@H](C)NC(=O)[C@H](C)N(Cc1cccc(C)c1)C(=O)CN(c1ccc2c(c1)OCO2)S(=O)(=O)CC. The van der Waals surface area contributed by atoms with E-state index in [0.29, 0.717) is 17.2 Å². The summed E-state index contributed by atoms with van der Waals surface area (Å²) in [5, 5.41) is 2.92. The summed E-state index contributed by atoms with van der Waals surface area (Å²) in [6.07, 6.45) is 0.747. The monoisotopic (exact) mass is 517 g/mol. The normalized spacial score (nSPS) is 14.1. The molecule has 1 aliphatic heterocycles. The van der Waals surface area contributed by atoms with E-state index in [1.54, 1.807) is 25.1 Å². The van der Waals surface area contributed by atoms with Gasteiger partial charge >= 0.3 is 0 Å². The summed E-state index contributed by atoms with van der Waals surface area (Å²) in [5.41, 5.74) is 2.16. The van der Waals surface area contributed by atoms with Crippen LogP contribution in [0.15, 0.2) is 42.5 Å². The number of nitrogens with one attached hydrogen (secondary N) is 1. The molecule has 2 amide bonds. The number of carbonyl (C=O) groups excluding carboxylic acids is 2. The van der Waals surface area contributed by atoms with Crippen LogP contribution in [0.4, 0.5) is 5.69 Å². The lowest BCUT2D eigenvalue weighted by atomic mass is 10.1. The minimum Gasteiger partial charge on any atom is -0.454 e. The van der Waals surface area contributed by atoms with Gasteiger partial charge in [0.05, 0.1) is 11.4 Å². The van der Waals surface area contributed by atoms with Crippen molar-refractivity contribution in [2.45, 2.75) is 59.7 Å². The molecular formula is C26H35N3O6S. The number of carbonyl (C=O) groups is 2. The van der Waals surface area contributed by atoms with Gasteiger partial charge in [-0.3, -0.25) is 13.9 Å². The van der Waals surface area contributed by atoms with Crippen molar-refractivity contribution in [3.05, 3.63) is 53.6 Å². The Bertz CT molecular complexity index is 1200. The summed E-state index contributed by atoms with van der Waals surface area (Å²) in [7, 11) is -3.82. The number of hydrogen-bond acceptors (Lipinski definition) is 6. The molecule has 2 aromatic rings. The van der Waals surface area contributed by atoms with E-state index >= 15 is 0 Å². The first-order valence-electron chi connectivity index (χ1n) is 12.1. The first-order chi connectivity index (χ1) is 17.1. The van der Waals surface area contributed by atoms with E-state index in [2.05, 4.69) is 5.32 Å². The smallest absolute Gasteiger partial charge is 0.244 e. The molecule has 10 heteroatoms. The van der Waals surface area contributed by atoms with E-state index in [-0.39, 0.29) is 31.0 Å². The van der Waals surface area contributed by atoms with Gasteiger partial charge in [-0.2, -0.15) is 0 Å². The molecule has 0 unspecified atom stereocenters. The molecule has 0 bridgehead atoms. The molecule has 0 aromatic heterocycles. The summed E-state index contributed by atoms with van der Waals surface area (Å²) >= 11 is 0. The highest BCUT2D eigenvalue weighted by molar-refractivity contribution is 7.92. The van der Waals surface area contributed by atoms with E-state index in [1.165, 1.54) is 11.8 Å². The van der Waals surface area contributed by atoms with Crippen LogP contribution < -0.4 is 19.1 Å². The highest BCUT2D eigenvalue weighted by atomic mass is 32.2. The Morgan fingerprint density at radius 3 is 2.44 bits per heavy atom. The lowest BCUT2D eigenvalue weighted by molar-refractivity contribution is -0.139. The summed E-state index contributed by atoms with van der Waals surface area (Å²) < 4.78 is 37.9. The Morgan fingerprint density at radius 2 is 1.78 bits per heavy atom. The van der Waals surface area contributed by atoms with Gasteiger partial charge in [0.25, 0.3) is 0 Å². The topological polar surface area (TPSA) is 105 Å². The molecule has 0 saturated carbocycles. The van der Waals surface area contributed by atoms with Crippen molar-refractivity contribution in [1.29, 1.82) is 0 Å². The van der Waals surface area contributed by atoms with Crippen molar-refractivity contribution >= 4 is 27.5 Å². The van der Waals surface area contributed by atoms with Crippen molar-refractivity contribution in [2.75, 3.05) is 23.4 Å². The average Bonchev–Trinajstić information content (AvgIpc) is 3.33. The Morgan fingerprint density at radius 1 is 1.06 bits per heavy atom. The number of rotatable bonds is 11. The number of hydrogen-bond donors (Lipinski definition) is 1. The van der Waals surface area contributed by atoms with Gasteiger partial charge in [-0.1, -0.05) is 36.8 Å². The number of fused-ring (bicyclic) bond motifs is 1. The van der Waals surface area contributed by atoms with Gasteiger partial charge in [0.15, 0.2) is 11.5 Å². The molecule has 0 fully saturated rings. The van der Waals surface area contributed by atoms with E-state index in [9.17, 15) is 18.0 Å². The van der Waals surface area contributed by atoms with Crippen LogP contribution in [0.25, 0.3) is 0 Å². The number of benzene rings is 2. The first kappa shape index (κ1) is 27.3. The minimum absolute atomic E-state index is 0.0469. The predicted molar refractivity (Wildman–Crippen MR) is 138 cm³/mol. The maximum Gasteiger partial charge on any atom is 0.244 e. The van der Waals surface area contributed by atoms with Gasteiger partial charge in [-0.25, -0.2) is 8.42 Å². The summed E-state index contributed by atoms with van der Waals surface area (Å²) in [6.45, 7) is 8.74. The predicted octanol–water partition coefficient (Wildman–Crippen LogP) is 3.21. The number of aryl methyl sites for hydroxylation is 1. The fourth-order valence-electron chi connectivity index (χ4n) is 3.82. The van der Waals surface area contributed by atoms with Crippen molar-refractivity contribution in [2.24, 2.45) is 0 Å². The van der Waals surface area contributed by atoms with Gasteiger partial charge in [0.2, 0.25) is 28.6 Å². The zero-order chi connectivity index (χ0) is 26.5. The van der Waals surface area contributed by atoms with E-state index in [4.69, 9.17) is 9.47 Å². The number of nitrogens with zero attached hydrogens (tertiary/aromatic N) is 2. The molecule has 1 heterocycles. The first-order valence-corrected chi connectivity index (χ1v) is 13.7. The van der Waals surface area contributed by atoms with E-state index in [1.807, 2.05) is 45.0 Å². The number of amides is 2. The second kappa shape index (κ2) is 11.6. The molecule has 2 atom stereocenters. The second-order valence-electron chi connectivity index (χ2n) is 8.95. The molecule has 2 aromatic carbocycles. The molecule has 0 radical (unpaired) electrons. The van der Waals surface area contributed by atoms with Crippen LogP contribution in [0.2, 0.25) is 0 Å². The second-order valence-corrected chi connectivity index (χ2v) is 11.1. The largest absolute Gasteiger partial charge is 0.454 e. The van der Waals surface area contributed by atoms with Crippen LogP contribution in [-0.4, -0.2) is 56.3 Å². The van der Waals surface area contributed by atoms with Crippen LogP contribution >= 0.6 is 0 Å². The van der Waals surface area contributed by atoms with Gasteiger partial charge in [-0.15, -0.1) is 0 Å². The van der Waals surface area contributed by atoms with Crippen LogP contribution in [0.3, 0.4) is 0 Å². The molecule has 0 spiro atoms. The summed E-state index contributed by atoms with van der Waals surface area (Å²) in [6, 6.07) is 11.5. The molecule has 196 valence electrons. The quantitative estimate of drug-likeness (QED) is 0.491. The zero-order valence-corrected chi connectivity index (χ0v) is 22.3. The van der Waals surface area contributed by atoms with Crippen molar-refractivity contribution in [3.63, 3.8) is 0 Å². The maximum absolute atomic E-state index is 13.7. The van der Waals surface area contributed by atoms with Gasteiger partial charge in [0, 0.05) is 18.7 Å². The zero-order valence-electron chi connectivity index (χ0n) is 21.5. The fourth-order valence-corrected chi connectivity index (χ4v) is 4.87. The van der Waals surface area contributed by atoms with Crippen LogP contribution in [-0.2, 0) is 26.2 Å². The molecule has 1 N–H and O–H groups in total. The summed E-state index contributed by atoms with van der Waals surface area (Å²) in [5.74, 6) is -0.0581. The van der Waals surface area contributed by atoms with Gasteiger partial charge in [-0.05, 0) is 51.8 Å². The molecule has 3 rings (SSSR count). The number of anilines is 1. The van der Waals surface area contributed by atoms with Crippen molar-refractivity contribution in [1.82, 2.24) is 10.2 Å². The van der Waals surface area contributed by atoms with Crippen LogP contribution in [0.1, 0.15) is 45.2 Å². The number of ether oxygens (including phenoxy) is 2. The standard InChI is InChI=1S/C26H35N3O6S/c1-6-19(4)27-26(31)20(5)28(15-21-10-8-9-18(3)13-21)25(30)16-29(36(32,33)7-2)22-11-12-23-24(14-22)35-17-34-23/h8-14,19-20H,6-7,15-17H2,1-5H3,(H,27,31)/t19-,20+/m1/s1. The Labute approximate surface area is 213 Å². The van der Waals surface area contributed by atoms with Crippen LogP contribution in [0, 0.1) is 6.92 Å². The maximum atomic E-state index is 13.7. The molecule has 36 heavy (non-hydrogen) atoms. The molecule has 1 aliphatic rings. The third-order valence-corrected chi connectivity index (χ3v) is 7.97. The fraction of sp³-hybridized carbons (Fsp3) is 0.462. The van der Waals surface area contributed by atoms with Crippen molar-refractivity contribution in [3.8, 4) is 11.5 Å². The highest BCUT2D eigenvalue weighted by Gasteiger charge is 2.32. The van der Waals surface area contributed by atoms with E-state index < -0.39 is 28.5 Å². The summed E-state index contributed by atoms with van der Waals surface area (Å²) in [4.78, 5) is 28.1. The third-order valence-electron chi connectivity index (χ3n) is 6.23. The van der Waals surface area contributed by atoms with E-state index in [0.717, 1.165) is 21.9 Å².